The zero-order valence-corrected chi connectivity index (χ0v) is 12.8. The van der Waals surface area contributed by atoms with Crippen molar-refractivity contribution < 1.29 is 0 Å². The maximum atomic E-state index is 6.73. The standard InChI is InChI=1S/C17H31B2/c18-17(14-10-6-3-7-11-15-17)19-16-12-8-4-1-2-5-9-13-16/h16H,1-15H2. The van der Waals surface area contributed by atoms with Crippen LogP contribution in [0.5, 0.6) is 0 Å². The summed E-state index contributed by atoms with van der Waals surface area (Å²) in [5, 5.41) is 0.0686. The summed E-state index contributed by atoms with van der Waals surface area (Å²) in [7, 11) is 9.33. The highest BCUT2D eigenvalue weighted by molar-refractivity contribution is 6.55. The Morgan fingerprint density at radius 1 is 0.632 bits per heavy atom. The highest BCUT2D eigenvalue weighted by atomic mass is 14.2. The van der Waals surface area contributed by atoms with E-state index >= 15 is 0 Å². The van der Waals surface area contributed by atoms with E-state index in [9.17, 15) is 0 Å². The van der Waals surface area contributed by atoms with Crippen LogP contribution in [0.1, 0.15) is 96.3 Å². The molecular weight excluding hydrogens is 226 g/mol. The molecule has 3 radical (unpaired) electrons. The molecule has 2 fully saturated rings. The molecule has 0 aliphatic heterocycles. The first kappa shape index (κ1) is 15.5. The summed E-state index contributed by atoms with van der Waals surface area (Å²) in [6, 6.07) is 0. The van der Waals surface area contributed by atoms with Gasteiger partial charge in [-0.2, -0.15) is 0 Å². The van der Waals surface area contributed by atoms with Gasteiger partial charge in [-0.3, -0.25) is 0 Å². The minimum absolute atomic E-state index is 0.0686. The molecule has 0 N–H and O–H groups in total. The lowest BCUT2D eigenvalue weighted by Gasteiger charge is -2.35. The Kier molecular flexibility index (Phi) is 6.88. The molecule has 0 atom stereocenters. The Balaban J connectivity index is 1.84. The van der Waals surface area contributed by atoms with Gasteiger partial charge in [0.25, 0.3) is 0 Å². The predicted octanol–water partition coefficient (Wildman–Crippen LogP) is 5.64. The van der Waals surface area contributed by atoms with Crippen LogP contribution in [0.4, 0.5) is 0 Å². The van der Waals surface area contributed by atoms with Crippen LogP contribution in [0.2, 0.25) is 11.0 Å². The number of hydrogen-bond donors (Lipinski definition) is 0. The highest BCUT2D eigenvalue weighted by Gasteiger charge is 2.28. The summed E-state index contributed by atoms with van der Waals surface area (Å²) < 4.78 is 0. The average Bonchev–Trinajstić information content (AvgIpc) is 2.49. The molecule has 0 nitrogen and oxygen atoms in total. The van der Waals surface area contributed by atoms with E-state index in [0.717, 1.165) is 5.82 Å². The molecule has 2 aliphatic carbocycles. The van der Waals surface area contributed by atoms with Gasteiger partial charge in [0, 0.05) is 0 Å². The molecule has 0 aromatic rings. The first-order valence-corrected chi connectivity index (χ1v) is 8.93. The Morgan fingerprint density at radius 3 is 1.58 bits per heavy atom. The van der Waals surface area contributed by atoms with Gasteiger partial charge in [-0.25, -0.2) is 0 Å². The fraction of sp³-hybridized carbons (Fsp3) is 1.00. The third-order valence-electron chi connectivity index (χ3n) is 5.25. The van der Waals surface area contributed by atoms with Gasteiger partial charge in [-0.15, -0.1) is 0 Å². The Hall–Kier alpha value is 0.130. The minimum Gasteiger partial charge on any atom is -0.0907 e. The molecule has 0 aromatic heterocycles. The molecule has 2 rings (SSSR count). The summed E-state index contributed by atoms with van der Waals surface area (Å²) in [5.41, 5.74) is 0. The lowest BCUT2D eigenvalue weighted by Crippen LogP contribution is -2.26. The van der Waals surface area contributed by atoms with Crippen molar-refractivity contribution in [3.05, 3.63) is 0 Å². The molecule has 0 unspecified atom stereocenters. The van der Waals surface area contributed by atoms with Crippen molar-refractivity contribution in [3.63, 3.8) is 0 Å². The quantitative estimate of drug-likeness (QED) is 0.561. The van der Waals surface area contributed by atoms with E-state index in [-0.39, 0.29) is 5.21 Å². The van der Waals surface area contributed by atoms with Gasteiger partial charge in [0.05, 0.1) is 7.85 Å². The Bertz CT molecular complexity index is 221. The van der Waals surface area contributed by atoms with Crippen molar-refractivity contribution in [2.45, 2.75) is 107 Å². The van der Waals surface area contributed by atoms with Crippen LogP contribution in [-0.2, 0) is 0 Å². The van der Waals surface area contributed by atoms with Crippen LogP contribution >= 0.6 is 0 Å². The molecule has 0 heterocycles. The van der Waals surface area contributed by atoms with Gasteiger partial charge in [0.1, 0.15) is 7.28 Å². The largest absolute Gasteiger partial charge is 0.111 e. The zero-order chi connectivity index (χ0) is 13.4. The minimum atomic E-state index is 0.0686. The highest BCUT2D eigenvalue weighted by Crippen LogP contribution is 2.41. The third kappa shape index (κ3) is 5.96. The van der Waals surface area contributed by atoms with E-state index in [4.69, 9.17) is 7.85 Å². The lowest BCUT2D eigenvalue weighted by molar-refractivity contribution is 0.467. The first-order valence-electron chi connectivity index (χ1n) is 8.93. The fourth-order valence-electron chi connectivity index (χ4n) is 4.03. The summed E-state index contributed by atoms with van der Waals surface area (Å²) in [4.78, 5) is 0. The van der Waals surface area contributed by atoms with E-state index in [2.05, 4.69) is 7.28 Å². The summed E-state index contributed by atoms with van der Waals surface area (Å²) in [5.74, 6) is 0.808. The van der Waals surface area contributed by atoms with Gasteiger partial charge in [-0.1, -0.05) is 107 Å². The number of rotatable bonds is 2. The van der Waals surface area contributed by atoms with Crippen molar-refractivity contribution in [1.82, 2.24) is 0 Å². The fourth-order valence-corrected chi connectivity index (χ4v) is 4.03. The van der Waals surface area contributed by atoms with Crippen molar-refractivity contribution in [1.29, 1.82) is 0 Å². The van der Waals surface area contributed by atoms with E-state index < -0.39 is 0 Å². The first-order chi connectivity index (χ1) is 9.29. The normalized spacial score (nSPS) is 27.4. The maximum Gasteiger partial charge on any atom is 0.111 e. The topological polar surface area (TPSA) is 0 Å². The predicted molar refractivity (Wildman–Crippen MR) is 87.2 cm³/mol. The van der Waals surface area contributed by atoms with Crippen LogP contribution in [-0.4, -0.2) is 15.1 Å². The molecule has 2 aliphatic rings. The van der Waals surface area contributed by atoms with Gasteiger partial charge in [0.15, 0.2) is 0 Å². The molecular formula is C17H31B2. The van der Waals surface area contributed by atoms with Crippen LogP contribution < -0.4 is 0 Å². The monoisotopic (exact) mass is 257 g/mol. The maximum absolute atomic E-state index is 6.73. The second kappa shape index (κ2) is 8.42. The molecule has 0 aromatic carbocycles. The van der Waals surface area contributed by atoms with Gasteiger partial charge in [-0.05, 0) is 0 Å². The summed E-state index contributed by atoms with van der Waals surface area (Å²) >= 11 is 0. The third-order valence-corrected chi connectivity index (χ3v) is 5.25. The van der Waals surface area contributed by atoms with Crippen LogP contribution in [0.3, 0.4) is 0 Å². The van der Waals surface area contributed by atoms with E-state index in [0.29, 0.717) is 0 Å². The summed E-state index contributed by atoms with van der Waals surface area (Å²) in [6.45, 7) is 0. The molecule has 105 valence electrons. The van der Waals surface area contributed by atoms with E-state index in [1.165, 1.54) is 96.3 Å². The molecule has 19 heavy (non-hydrogen) atoms. The molecule has 0 amide bonds. The van der Waals surface area contributed by atoms with Crippen molar-refractivity contribution in [3.8, 4) is 0 Å². The number of hydrogen-bond acceptors (Lipinski definition) is 0. The second-order valence-electron chi connectivity index (χ2n) is 7.13. The zero-order valence-electron chi connectivity index (χ0n) is 12.8. The van der Waals surface area contributed by atoms with Crippen LogP contribution in [0.15, 0.2) is 0 Å². The van der Waals surface area contributed by atoms with Gasteiger partial charge in [0.2, 0.25) is 0 Å². The Morgan fingerprint density at radius 2 is 1.05 bits per heavy atom. The van der Waals surface area contributed by atoms with Crippen molar-refractivity contribution in [2.24, 2.45) is 0 Å². The van der Waals surface area contributed by atoms with E-state index in [1.807, 2.05) is 0 Å². The van der Waals surface area contributed by atoms with E-state index in [1.54, 1.807) is 0 Å². The van der Waals surface area contributed by atoms with Gasteiger partial charge < -0.3 is 0 Å². The van der Waals surface area contributed by atoms with Crippen molar-refractivity contribution in [2.75, 3.05) is 0 Å². The van der Waals surface area contributed by atoms with Crippen LogP contribution in [0.25, 0.3) is 0 Å². The van der Waals surface area contributed by atoms with Gasteiger partial charge >= 0.3 is 0 Å². The van der Waals surface area contributed by atoms with Crippen LogP contribution in [0, 0.1) is 0 Å². The lowest BCUT2D eigenvalue weighted by atomic mass is 9.34. The average molecular weight is 257 g/mol. The molecule has 0 bridgehead atoms. The smallest absolute Gasteiger partial charge is 0.0907 e. The second-order valence-corrected chi connectivity index (χ2v) is 7.13. The SMILES string of the molecule is [B]C1([B]C2CCCCCCCC2)CCCCCCC1. The van der Waals surface area contributed by atoms with Crippen molar-refractivity contribution >= 4 is 15.1 Å². The molecule has 0 saturated heterocycles. The molecule has 2 heteroatoms. The molecule has 2 saturated carbocycles. The molecule has 0 spiro atoms. The summed E-state index contributed by atoms with van der Waals surface area (Å²) in [6.07, 6.45) is 20.9. The Labute approximate surface area is 123 Å².